The van der Waals surface area contributed by atoms with Crippen LogP contribution in [0.15, 0.2) is 0 Å². The molecule has 0 aromatic carbocycles. The van der Waals surface area contributed by atoms with Crippen molar-refractivity contribution < 1.29 is 0 Å². The lowest BCUT2D eigenvalue weighted by atomic mass is 9.76. The second kappa shape index (κ2) is 5.30. The molecule has 0 aromatic heterocycles. The molecule has 1 saturated heterocycles. The van der Waals surface area contributed by atoms with Gasteiger partial charge in [0.25, 0.3) is 0 Å². The van der Waals surface area contributed by atoms with E-state index < -0.39 is 0 Å². The number of likely N-dealkylation sites (tertiary alicyclic amines) is 1. The van der Waals surface area contributed by atoms with Crippen LogP contribution in [0, 0.1) is 5.92 Å². The summed E-state index contributed by atoms with van der Waals surface area (Å²) < 4.78 is 0. The van der Waals surface area contributed by atoms with Crippen molar-refractivity contribution in [1.82, 2.24) is 4.90 Å². The molecule has 1 fully saturated rings. The highest BCUT2D eigenvalue weighted by Crippen LogP contribution is 2.26. The van der Waals surface area contributed by atoms with Gasteiger partial charge in [-0.25, -0.2) is 0 Å². The summed E-state index contributed by atoms with van der Waals surface area (Å²) in [6.07, 6.45) is 3.91. The van der Waals surface area contributed by atoms with Gasteiger partial charge in [-0.15, -0.1) is 0 Å². The Kier molecular flexibility index (Phi) is 4.67. The minimum Gasteiger partial charge on any atom is -0.292 e. The highest BCUT2D eigenvalue weighted by atomic mass is 32.1. The number of thiol groups is 1. The lowest BCUT2D eigenvalue weighted by Crippen LogP contribution is -2.34. The smallest absolute Gasteiger partial charge is 0.0700 e. The quantitative estimate of drug-likeness (QED) is 0.525. The Bertz CT molecular complexity index is 134. The van der Waals surface area contributed by atoms with Crippen LogP contribution in [0.2, 0.25) is 5.82 Å². The van der Waals surface area contributed by atoms with E-state index in [1.165, 1.54) is 25.8 Å². The molecule has 1 rings (SSSR count). The summed E-state index contributed by atoms with van der Waals surface area (Å²) in [5.74, 6) is 0.991. The zero-order valence-electron chi connectivity index (χ0n) is 8.74. The van der Waals surface area contributed by atoms with E-state index in [0.29, 0.717) is 17.1 Å². The molecule has 0 aromatic rings. The average Bonchev–Trinajstić information content (AvgIpc) is 2.28. The summed E-state index contributed by atoms with van der Waals surface area (Å²) >= 11 is 4.48. The van der Waals surface area contributed by atoms with Crippen LogP contribution in [0.1, 0.15) is 33.1 Å². The van der Waals surface area contributed by atoms with E-state index in [1.807, 2.05) is 0 Å². The molecule has 1 heterocycles. The fourth-order valence-corrected chi connectivity index (χ4v) is 2.18. The van der Waals surface area contributed by atoms with E-state index in [9.17, 15) is 0 Å². The van der Waals surface area contributed by atoms with Crippen molar-refractivity contribution in [3.05, 3.63) is 0 Å². The molecule has 0 aliphatic carbocycles. The molecule has 1 nitrogen and oxygen atoms in total. The first-order valence-corrected chi connectivity index (χ1v) is 5.80. The third-order valence-corrected chi connectivity index (χ3v) is 3.34. The van der Waals surface area contributed by atoms with Gasteiger partial charge in [-0.05, 0) is 32.2 Å². The molecule has 3 atom stereocenters. The molecule has 74 valence electrons. The molecule has 0 amide bonds. The van der Waals surface area contributed by atoms with Crippen molar-refractivity contribution in [2.45, 2.75) is 44.3 Å². The molecule has 0 N–H and O–H groups in total. The second-order valence-corrected chi connectivity index (χ2v) is 4.99. The van der Waals surface area contributed by atoms with Gasteiger partial charge < -0.3 is 0 Å². The van der Waals surface area contributed by atoms with E-state index in [4.69, 9.17) is 7.85 Å². The number of hydrogen-bond acceptors (Lipinski definition) is 2. The predicted molar refractivity (Wildman–Crippen MR) is 62.5 cm³/mol. The SMILES string of the molecule is [B]C(C)C1CCCCN(C(C)S)C1. The first-order chi connectivity index (χ1) is 6.11. The minimum absolute atomic E-state index is 0.327. The molecule has 3 unspecified atom stereocenters. The Hall–Kier alpha value is 0.375. The molecule has 0 spiro atoms. The van der Waals surface area contributed by atoms with E-state index in [0.717, 1.165) is 6.54 Å². The standard InChI is InChI=1S/C10H20BNS/c1-8(11)10-5-3-4-6-12(7-10)9(2)13/h8-10,13H,3-7H2,1-2H3. The highest BCUT2D eigenvalue weighted by Gasteiger charge is 2.21. The molecule has 1 aliphatic heterocycles. The Morgan fingerprint density at radius 2 is 2.08 bits per heavy atom. The van der Waals surface area contributed by atoms with E-state index in [2.05, 4.69) is 31.4 Å². The normalized spacial score (nSPS) is 30.8. The monoisotopic (exact) mass is 197 g/mol. The molecule has 3 heteroatoms. The summed E-state index contributed by atoms with van der Waals surface area (Å²) in [5, 5.41) is 0.374. The van der Waals surface area contributed by atoms with Crippen LogP contribution in [-0.4, -0.2) is 31.2 Å². The molecular weight excluding hydrogens is 177 g/mol. The number of hydrogen-bond donors (Lipinski definition) is 1. The van der Waals surface area contributed by atoms with Gasteiger partial charge in [-0.2, -0.15) is 12.6 Å². The van der Waals surface area contributed by atoms with Gasteiger partial charge in [0.2, 0.25) is 0 Å². The van der Waals surface area contributed by atoms with Crippen LogP contribution >= 0.6 is 12.6 Å². The van der Waals surface area contributed by atoms with E-state index in [1.54, 1.807) is 0 Å². The average molecular weight is 197 g/mol. The van der Waals surface area contributed by atoms with Crippen molar-refractivity contribution in [2.24, 2.45) is 5.92 Å². The Morgan fingerprint density at radius 1 is 1.38 bits per heavy atom. The number of nitrogens with zero attached hydrogens (tertiary/aromatic N) is 1. The van der Waals surface area contributed by atoms with Crippen molar-refractivity contribution in [1.29, 1.82) is 0 Å². The second-order valence-electron chi connectivity index (χ2n) is 4.24. The first-order valence-electron chi connectivity index (χ1n) is 5.29. The van der Waals surface area contributed by atoms with Gasteiger partial charge in [-0.3, -0.25) is 4.90 Å². The van der Waals surface area contributed by atoms with Crippen LogP contribution in [0.4, 0.5) is 0 Å². The largest absolute Gasteiger partial charge is 0.292 e. The fourth-order valence-electron chi connectivity index (χ4n) is 1.97. The van der Waals surface area contributed by atoms with Crippen LogP contribution in [0.5, 0.6) is 0 Å². The summed E-state index contributed by atoms with van der Waals surface area (Å²) in [5.41, 5.74) is 0. The topological polar surface area (TPSA) is 3.24 Å². The van der Waals surface area contributed by atoms with Crippen molar-refractivity contribution in [2.75, 3.05) is 13.1 Å². The first kappa shape index (κ1) is 11.4. The van der Waals surface area contributed by atoms with Gasteiger partial charge >= 0.3 is 0 Å². The highest BCUT2D eigenvalue weighted by molar-refractivity contribution is 7.80. The van der Waals surface area contributed by atoms with Crippen molar-refractivity contribution in [3.8, 4) is 0 Å². The van der Waals surface area contributed by atoms with Crippen LogP contribution in [0.25, 0.3) is 0 Å². The van der Waals surface area contributed by atoms with Gasteiger partial charge in [0, 0.05) is 11.9 Å². The molecule has 0 saturated carbocycles. The molecule has 1 aliphatic rings. The summed E-state index contributed by atoms with van der Waals surface area (Å²) in [7, 11) is 5.95. The third kappa shape index (κ3) is 3.55. The minimum atomic E-state index is 0.327. The zero-order chi connectivity index (χ0) is 9.84. The van der Waals surface area contributed by atoms with Crippen LogP contribution in [-0.2, 0) is 0 Å². The Labute approximate surface area is 89.1 Å². The lowest BCUT2D eigenvalue weighted by Gasteiger charge is -2.29. The molecule has 13 heavy (non-hydrogen) atoms. The van der Waals surface area contributed by atoms with Crippen molar-refractivity contribution in [3.63, 3.8) is 0 Å². The van der Waals surface area contributed by atoms with E-state index in [-0.39, 0.29) is 0 Å². The molecule has 2 radical (unpaired) electrons. The maximum Gasteiger partial charge on any atom is 0.0700 e. The Morgan fingerprint density at radius 3 is 2.62 bits per heavy atom. The van der Waals surface area contributed by atoms with E-state index >= 15 is 0 Å². The zero-order valence-corrected chi connectivity index (χ0v) is 9.63. The molecule has 0 bridgehead atoms. The predicted octanol–water partition coefficient (Wildman–Crippen LogP) is 2.34. The lowest BCUT2D eigenvalue weighted by molar-refractivity contribution is 0.241. The van der Waals surface area contributed by atoms with Crippen LogP contribution < -0.4 is 0 Å². The summed E-state index contributed by atoms with van der Waals surface area (Å²) in [6, 6.07) is 0. The maximum absolute atomic E-state index is 5.95. The maximum atomic E-state index is 5.95. The van der Waals surface area contributed by atoms with Gasteiger partial charge in [0.15, 0.2) is 0 Å². The summed E-state index contributed by atoms with van der Waals surface area (Å²) in [6.45, 7) is 6.58. The third-order valence-electron chi connectivity index (χ3n) is 3.01. The molecular formula is C10H20BNS. The number of rotatable bonds is 2. The van der Waals surface area contributed by atoms with Gasteiger partial charge in [0.1, 0.15) is 0 Å². The summed E-state index contributed by atoms with van der Waals surface area (Å²) in [4.78, 5) is 2.43. The van der Waals surface area contributed by atoms with Gasteiger partial charge in [-0.1, -0.05) is 19.2 Å². The fraction of sp³-hybridized carbons (Fsp3) is 1.00. The van der Waals surface area contributed by atoms with Gasteiger partial charge in [0.05, 0.1) is 7.85 Å². The Balaban J connectivity index is 2.49. The van der Waals surface area contributed by atoms with Crippen molar-refractivity contribution >= 4 is 20.5 Å². The van der Waals surface area contributed by atoms with Crippen LogP contribution in [0.3, 0.4) is 0 Å².